The zero-order valence-corrected chi connectivity index (χ0v) is 16.7. The first-order valence-electron chi connectivity index (χ1n) is 9.17. The Kier molecular flexibility index (Phi) is 5.76. The zero-order valence-electron chi connectivity index (χ0n) is 16.7. The van der Waals surface area contributed by atoms with Gasteiger partial charge in [0.05, 0.1) is 35.6 Å². The van der Waals surface area contributed by atoms with E-state index < -0.39 is 17.3 Å². The van der Waals surface area contributed by atoms with Crippen molar-refractivity contribution < 1.29 is 27.8 Å². The molecule has 0 saturated carbocycles. The molecular formula is C21H22F3N3O3. The number of nitrogens with one attached hydrogen (secondary N) is 1. The zero-order chi connectivity index (χ0) is 22.1. The number of amides is 1. The maximum atomic E-state index is 13.0. The van der Waals surface area contributed by atoms with Gasteiger partial charge in [0.15, 0.2) is 0 Å². The van der Waals surface area contributed by atoms with Crippen molar-refractivity contribution >= 4 is 16.9 Å². The van der Waals surface area contributed by atoms with E-state index in [2.05, 4.69) is 10.3 Å². The Morgan fingerprint density at radius 1 is 1.20 bits per heavy atom. The van der Waals surface area contributed by atoms with Crippen molar-refractivity contribution in [2.45, 2.75) is 32.2 Å². The van der Waals surface area contributed by atoms with Gasteiger partial charge in [-0.1, -0.05) is 12.1 Å². The number of carbonyl (C=O) groups excluding carboxylic acids is 1. The molecule has 0 aliphatic carbocycles. The number of aromatic nitrogens is 2. The maximum absolute atomic E-state index is 13.0. The lowest BCUT2D eigenvalue weighted by molar-refractivity contribution is -0.137. The van der Waals surface area contributed by atoms with Crippen LogP contribution in [0.15, 0.2) is 42.7 Å². The van der Waals surface area contributed by atoms with Gasteiger partial charge < -0.3 is 19.7 Å². The van der Waals surface area contributed by atoms with Gasteiger partial charge in [-0.15, -0.1) is 0 Å². The topological polar surface area (TPSA) is 76.4 Å². The number of hydrogen-bond acceptors (Lipinski definition) is 4. The summed E-state index contributed by atoms with van der Waals surface area (Å²) >= 11 is 0. The molecule has 30 heavy (non-hydrogen) atoms. The van der Waals surface area contributed by atoms with Gasteiger partial charge in [0.2, 0.25) is 5.91 Å². The lowest BCUT2D eigenvalue weighted by Crippen LogP contribution is -2.39. The molecule has 0 spiro atoms. The van der Waals surface area contributed by atoms with Crippen molar-refractivity contribution in [3.05, 3.63) is 48.3 Å². The number of benzene rings is 2. The van der Waals surface area contributed by atoms with E-state index >= 15 is 0 Å². The highest BCUT2D eigenvalue weighted by molar-refractivity contribution is 5.85. The first-order chi connectivity index (χ1) is 14.0. The molecule has 0 unspecified atom stereocenters. The minimum absolute atomic E-state index is 0.0233. The number of imidazole rings is 1. The first-order valence-corrected chi connectivity index (χ1v) is 9.17. The van der Waals surface area contributed by atoms with Crippen molar-refractivity contribution in [1.82, 2.24) is 14.9 Å². The third kappa shape index (κ3) is 4.91. The second kappa shape index (κ2) is 7.98. The molecular weight excluding hydrogens is 399 g/mol. The predicted molar refractivity (Wildman–Crippen MR) is 106 cm³/mol. The summed E-state index contributed by atoms with van der Waals surface area (Å²) < 4.78 is 45.7. The second-order valence-electron chi connectivity index (χ2n) is 7.58. The monoisotopic (exact) mass is 421 g/mol. The number of aliphatic hydroxyl groups is 1. The Morgan fingerprint density at radius 3 is 2.57 bits per heavy atom. The van der Waals surface area contributed by atoms with E-state index in [9.17, 15) is 23.1 Å². The quantitative estimate of drug-likeness (QED) is 0.638. The largest absolute Gasteiger partial charge is 0.496 e. The fourth-order valence-electron chi connectivity index (χ4n) is 2.99. The molecule has 9 heteroatoms. The lowest BCUT2D eigenvalue weighted by Gasteiger charge is -2.17. The summed E-state index contributed by atoms with van der Waals surface area (Å²) in [7, 11) is 1.32. The molecule has 3 aromatic rings. The Morgan fingerprint density at radius 2 is 1.93 bits per heavy atom. The van der Waals surface area contributed by atoms with Crippen LogP contribution in [0.3, 0.4) is 0 Å². The fourth-order valence-corrected chi connectivity index (χ4v) is 2.99. The molecule has 0 aliphatic rings. The average Bonchev–Trinajstić information content (AvgIpc) is 3.06. The summed E-state index contributed by atoms with van der Waals surface area (Å²) in [5.41, 5.74) is 0.635. The molecule has 0 bridgehead atoms. The van der Waals surface area contributed by atoms with Crippen LogP contribution < -0.4 is 10.1 Å². The van der Waals surface area contributed by atoms with E-state index in [4.69, 9.17) is 4.74 Å². The third-order valence-corrected chi connectivity index (χ3v) is 4.49. The van der Waals surface area contributed by atoms with Crippen molar-refractivity contribution in [2.75, 3.05) is 13.7 Å². The van der Waals surface area contributed by atoms with Gasteiger partial charge in [0.1, 0.15) is 12.3 Å². The fraction of sp³-hybridized carbons (Fsp3) is 0.333. The van der Waals surface area contributed by atoms with Gasteiger partial charge in [-0.2, -0.15) is 13.2 Å². The Bertz CT molecular complexity index is 1070. The van der Waals surface area contributed by atoms with Crippen LogP contribution in [0.5, 0.6) is 5.75 Å². The molecule has 0 atom stereocenters. The number of ether oxygens (including phenoxy) is 1. The molecule has 2 N–H and O–H groups in total. The molecule has 0 fully saturated rings. The van der Waals surface area contributed by atoms with Crippen LogP contribution in [0, 0.1) is 0 Å². The number of alkyl halides is 3. The highest BCUT2D eigenvalue weighted by atomic mass is 19.4. The third-order valence-electron chi connectivity index (χ3n) is 4.49. The highest BCUT2D eigenvalue weighted by Gasteiger charge is 2.31. The van der Waals surface area contributed by atoms with Crippen LogP contribution in [0.4, 0.5) is 13.2 Å². The number of halogens is 3. The van der Waals surface area contributed by atoms with Crippen LogP contribution in [-0.2, 0) is 17.5 Å². The summed E-state index contributed by atoms with van der Waals surface area (Å²) in [6.45, 7) is 3.33. The van der Waals surface area contributed by atoms with Crippen LogP contribution >= 0.6 is 0 Å². The molecule has 2 aromatic carbocycles. The number of methoxy groups -OCH3 is 1. The van der Waals surface area contributed by atoms with Crippen LogP contribution in [0.2, 0.25) is 0 Å². The van der Waals surface area contributed by atoms with E-state index in [1.54, 1.807) is 36.6 Å². The van der Waals surface area contributed by atoms with Crippen LogP contribution in [0.1, 0.15) is 19.4 Å². The summed E-state index contributed by atoms with van der Waals surface area (Å²) in [5, 5.41) is 12.4. The molecule has 1 aromatic heterocycles. The minimum Gasteiger partial charge on any atom is -0.496 e. The molecule has 160 valence electrons. The number of carbonyl (C=O) groups is 1. The molecule has 0 radical (unpaired) electrons. The standard InChI is InChI=1S/C21H22F3N3O3/c1-20(2,29)11-25-19(28)10-27-12-26-16-8-13(4-7-17(16)27)15-6-5-14(21(22,23)24)9-18(15)30-3/h4-9,12,29H,10-11H2,1-3H3,(H,25,28). The summed E-state index contributed by atoms with van der Waals surface area (Å²) in [6.07, 6.45) is -2.94. The molecule has 6 nitrogen and oxygen atoms in total. The van der Waals surface area contributed by atoms with Gasteiger partial charge in [-0.3, -0.25) is 4.79 Å². The van der Waals surface area contributed by atoms with Gasteiger partial charge in [-0.05, 0) is 43.7 Å². The normalized spacial score (nSPS) is 12.2. The number of fused-ring (bicyclic) bond motifs is 1. The van der Waals surface area contributed by atoms with E-state index in [0.29, 0.717) is 22.2 Å². The SMILES string of the molecule is COc1cc(C(F)(F)F)ccc1-c1ccc2c(c1)ncn2CC(=O)NCC(C)(C)O. The van der Waals surface area contributed by atoms with E-state index in [1.807, 2.05) is 0 Å². The van der Waals surface area contributed by atoms with Crippen molar-refractivity contribution in [3.8, 4) is 16.9 Å². The molecule has 0 saturated heterocycles. The molecule has 1 heterocycles. The van der Waals surface area contributed by atoms with Crippen molar-refractivity contribution in [3.63, 3.8) is 0 Å². The lowest BCUT2D eigenvalue weighted by atomic mass is 10.0. The van der Waals surface area contributed by atoms with Gasteiger partial charge >= 0.3 is 6.18 Å². The maximum Gasteiger partial charge on any atom is 0.416 e. The summed E-state index contributed by atoms with van der Waals surface area (Å²) in [6, 6.07) is 8.55. The Balaban J connectivity index is 1.86. The van der Waals surface area contributed by atoms with Crippen molar-refractivity contribution in [1.29, 1.82) is 0 Å². The minimum atomic E-state index is -4.46. The smallest absolute Gasteiger partial charge is 0.416 e. The molecule has 1 amide bonds. The average molecular weight is 421 g/mol. The number of hydrogen-bond donors (Lipinski definition) is 2. The molecule has 3 rings (SSSR count). The summed E-state index contributed by atoms with van der Waals surface area (Å²) in [4.78, 5) is 16.4. The number of nitrogens with zero attached hydrogens (tertiary/aromatic N) is 2. The van der Waals surface area contributed by atoms with E-state index in [0.717, 1.165) is 12.1 Å². The van der Waals surface area contributed by atoms with Gasteiger partial charge in [0.25, 0.3) is 0 Å². The first kappa shape index (κ1) is 21.6. The molecule has 0 aliphatic heterocycles. The highest BCUT2D eigenvalue weighted by Crippen LogP contribution is 2.37. The van der Waals surface area contributed by atoms with Crippen LogP contribution in [-0.4, -0.2) is 39.8 Å². The second-order valence-corrected chi connectivity index (χ2v) is 7.58. The van der Waals surface area contributed by atoms with E-state index in [1.165, 1.54) is 19.5 Å². The predicted octanol–water partition coefficient (Wildman–Crippen LogP) is 3.62. The Labute approximate surface area is 171 Å². The summed E-state index contributed by atoms with van der Waals surface area (Å²) in [5.74, 6) is -0.167. The van der Waals surface area contributed by atoms with Gasteiger partial charge in [-0.25, -0.2) is 4.98 Å². The van der Waals surface area contributed by atoms with Crippen LogP contribution in [0.25, 0.3) is 22.2 Å². The van der Waals surface area contributed by atoms with Gasteiger partial charge in [0, 0.05) is 12.1 Å². The number of rotatable bonds is 6. The Hall–Kier alpha value is -3.07. The van der Waals surface area contributed by atoms with E-state index in [-0.39, 0.29) is 24.7 Å². The van der Waals surface area contributed by atoms with Crippen molar-refractivity contribution in [2.24, 2.45) is 0 Å².